The molecule has 14 heavy (non-hydrogen) atoms. The van der Waals surface area contributed by atoms with Crippen molar-refractivity contribution in [2.75, 3.05) is 0 Å². The van der Waals surface area contributed by atoms with Crippen molar-refractivity contribution < 1.29 is 0 Å². The number of hydrogen-bond acceptors (Lipinski definition) is 3. The SMILES string of the molecule is Cc1cccc(-n2cnnn2)c1C.Cl. The van der Waals surface area contributed by atoms with Crippen LogP contribution in [0.1, 0.15) is 11.1 Å². The third-order valence-electron chi connectivity index (χ3n) is 2.17. The van der Waals surface area contributed by atoms with Gasteiger partial charge in [0.1, 0.15) is 6.33 Å². The zero-order chi connectivity index (χ0) is 9.26. The highest BCUT2D eigenvalue weighted by molar-refractivity contribution is 5.85. The van der Waals surface area contributed by atoms with Crippen LogP contribution in [0.3, 0.4) is 0 Å². The highest BCUT2D eigenvalue weighted by Crippen LogP contribution is 2.15. The van der Waals surface area contributed by atoms with Crippen LogP contribution >= 0.6 is 12.4 Å². The molecule has 0 amide bonds. The van der Waals surface area contributed by atoms with Gasteiger partial charge in [-0.25, -0.2) is 4.68 Å². The summed E-state index contributed by atoms with van der Waals surface area (Å²) in [6.45, 7) is 4.13. The van der Waals surface area contributed by atoms with Gasteiger partial charge >= 0.3 is 0 Å². The lowest BCUT2D eigenvalue weighted by Gasteiger charge is -2.05. The third-order valence-corrected chi connectivity index (χ3v) is 2.17. The molecule has 0 fully saturated rings. The first-order valence-corrected chi connectivity index (χ1v) is 4.08. The molecule has 5 heteroatoms. The summed E-state index contributed by atoms with van der Waals surface area (Å²) in [6.07, 6.45) is 1.60. The summed E-state index contributed by atoms with van der Waals surface area (Å²) in [7, 11) is 0. The predicted octanol–water partition coefficient (Wildman–Crippen LogP) is 1.70. The second kappa shape index (κ2) is 4.19. The molecule has 0 aliphatic carbocycles. The van der Waals surface area contributed by atoms with Crippen LogP contribution in [-0.4, -0.2) is 20.2 Å². The highest BCUT2D eigenvalue weighted by atomic mass is 35.5. The van der Waals surface area contributed by atoms with Gasteiger partial charge in [-0.2, -0.15) is 0 Å². The van der Waals surface area contributed by atoms with E-state index in [4.69, 9.17) is 0 Å². The average molecular weight is 211 g/mol. The molecular formula is C9H11ClN4. The molecule has 74 valence electrons. The van der Waals surface area contributed by atoms with E-state index < -0.39 is 0 Å². The Morgan fingerprint density at radius 3 is 2.64 bits per heavy atom. The molecule has 0 saturated carbocycles. The van der Waals surface area contributed by atoms with E-state index in [1.165, 1.54) is 11.1 Å². The fourth-order valence-corrected chi connectivity index (χ4v) is 1.26. The van der Waals surface area contributed by atoms with E-state index in [-0.39, 0.29) is 12.4 Å². The van der Waals surface area contributed by atoms with Crippen LogP contribution in [0.2, 0.25) is 0 Å². The van der Waals surface area contributed by atoms with Gasteiger partial charge in [0, 0.05) is 0 Å². The van der Waals surface area contributed by atoms with Gasteiger partial charge < -0.3 is 0 Å². The molecule has 0 bridgehead atoms. The van der Waals surface area contributed by atoms with Crippen molar-refractivity contribution in [2.24, 2.45) is 0 Å². The maximum atomic E-state index is 3.84. The van der Waals surface area contributed by atoms with Crippen molar-refractivity contribution in [3.8, 4) is 5.69 Å². The number of hydrogen-bond donors (Lipinski definition) is 0. The first kappa shape index (κ1) is 10.7. The van der Waals surface area contributed by atoms with Crippen LogP contribution in [0, 0.1) is 13.8 Å². The summed E-state index contributed by atoms with van der Waals surface area (Å²) in [5, 5.41) is 11.0. The lowest BCUT2D eigenvalue weighted by atomic mass is 10.1. The van der Waals surface area contributed by atoms with Crippen molar-refractivity contribution in [1.29, 1.82) is 0 Å². The topological polar surface area (TPSA) is 43.6 Å². The van der Waals surface area contributed by atoms with E-state index in [9.17, 15) is 0 Å². The number of halogens is 1. The molecule has 0 unspecified atom stereocenters. The summed E-state index contributed by atoms with van der Waals surface area (Å²) in [4.78, 5) is 0. The molecular weight excluding hydrogens is 200 g/mol. The fraction of sp³-hybridized carbons (Fsp3) is 0.222. The Labute approximate surface area is 88.4 Å². The van der Waals surface area contributed by atoms with Crippen molar-refractivity contribution in [2.45, 2.75) is 13.8 Å². The van der Waals surface area contributed by atoms with Gasteiger partial charge in [0.2, 0.25) is 0 Å². The Hall–Kier alpha value is -1.42. The van der Waals surface area contributed by atoms with Crippen LogP contribution in [-0.2, 0) is 0 Å². The molecule has 0 aliphatic heterocycles. The van der Waals surface area contributed by atoms with Crippen molar-refractivity contribution in [3.63, 3.8) is 0 Å². The van der Waals surface area contributed by atoms with Gasteiger partial charge in [0.25, 0.3) is 0 Å². The summed E-state index contributed by atoms with van der Waals surface area (Å²) < 4.78 is 1.67. The van der Waals surface area contributed by atoms with Gasteiger partial charge in [0.05, 0.1) is 5.69 Å². The summed E-state index contributed by atoms with van der Waals surface area (Å²) in [5.41, 5.74) is 3.48. The number of benzene rings is 1. The molecule has 2 rings (SSSR count). The number of tetrazole rings is 1. The molecule has 4 nitrogen and oxygen atoms in total. The minimum atomic E-state index is 0. The molecule has 2 aromatic rings. The number of nitrogens with zero attached hydrogens (tertiary/aromatic N) is 4. The lowest BCUT2D eigenvalue weighted by molar-refractivity contribution is 0.784. The fourth-order valence-electron chi connectivity index (χ4n) is 1.26. The molecule has 0 saturated heterocycles. The van der Waals surface area contributed by atoms with Crippen LogP contribution < -0.4 is 0 Å². The molecule has 1 heterocycles. The van der Waals surface area contributed by atoms with E-state index in [0.29, 0.717) is 0 Å². The Bertz CT molecular complexity index is 411. The van der Waals surface area contributed by atoms with Crippen LogP contribution in [0.5, 0.6) is 0 Å². The number of rotatable bonds is 1. The quantitative estimate of drug-likeness (QED) is 0.720. The summed E-state index contributed by atoms with van der Waals surface area (Å²) in [6, 6.07) is 6.07. The van der Waals surface area contributed by atoms with Crippen molar-refractivity contribution in [1.82, 2.24) is 20.2 Å². The minimum absolute atomic E-state index is 0. The minimum Gasteiger partial charge on any atom is -0.200 e. The first-order valence-electron chi connectivity index (χ1n) is 4.08. The monoisotopic (exact) mass is 210 g/mol. The number of aromatic nitrogens is 4. The van der Waals surface area contributed by atoms with Crippen LogP contribution in [0.15, 0.2) is 24.5 Å². The largest absolute Gasteiger partial charge is 0.200 e. The summed E-state index contributed by atoms with van der Waals surface area (Å²) >= 11 is 0. The Morgan fingerprint density at radius 1 is 1.21 bits per heavy atom. The molecule has 0 atom stereocenters. The van der Waals surface area contributed by atoms with E-state index in [1.807, 2.05) is 12.1 Å². The van der Waals surface area contributed by atoms with E-state index in [2.05, 4.69) is 35.4 Å². The Kier molecular flexibility index (Phi) is 3.19. The second-order valence-corrected chi connectivity index (χ2v) is 2.97. The molecule has 0 aliphatic rings. The van der Waals surface area contributed by atoms with E-state index in [1.54, 1.807) is 11.0 Å². The smallest absolute Gasteiger partial charge is 0.143 e. The normalized spacial score (nSPS) is 9.57. The molecule has 0 spiro atoms. The zero-order valence-corrected chi connectivity index (χ0v) is 8.82. The van der Waals surface area contributed by atoms with Gasteiger partial charge in [0.15, 0.2) is 0 Å². The molecule has 1 aromatic heterocycles. The van der Waals surface area contributed by atoms with Crippen LogP contribution in [0.4, 0.5) is 0 Å². The lowest BCUT2D eigenvalue weighted by Crippen LogP contribution is -1.99. The van der Waals surface area contributed by atoms with Crippen molar-refractivity contribution in [3.05, 3.63) is 35.7 Å². The molecule has 1 aromatic carbocycles. The third kappa shape index (κ3) is 1.75. The standard InChI is InChI=1S/C9H10N4.ClH/c1-7-4-3-5-9(8(7)2)13-6-10-11-12-13;/h3-6H,1-2H3;1H. The Balaban J connectivity index is 0.000000980. The predicted molar refractivity (Wildman–Crippen MR) is 55.9 cm³/mol. The highest BCUT2D eigenvalue weighted by Gasteiger charge is 2.02. The van der Waals surface area contributed by atoms with Gasteiger partial charge in [-0.15, -0.1) is 17.5 Å². The van der Waals surface area contributed by atoms with E-state index >= 15 is 0 Å². The zero-order valence-electron chi connectivity index (χ0n) is 8.01. The van der Waals surface area contributed by atoms with Gasteiger partial charge in [-0.05, 0) is 41.5 Å². The van der Waals surface area contributed by atoms with E-state index in [0.717, 1.165) is 5.69 Å². The molecule has 0 radical (unpaired) electrons. The Morgan fingerprint density at radius 2 is 2.00 bits per heavy atom. The second-order valence-electron chi connectivity index (χ2n) is 2.97. The average Bonchev–Trinajstić information content (AvgIpc) is 2.62. The maximum Gasteiger partial charge on any atom is 0.143 e. The summed E-state index contributed by atoms with van der Waals surface area (Å²) in [5.74, 6) is 0. The molecule has 0 N–H and O–H groups in total. The van der Waals surface area contributed by atoms with Crippen LogP contribution in [0.25, 0.3) is 5.69 Å². The van der Waals surface area contributed by atoms with Gasteiger partial charge in [-0.1, -0.05) is 12.1 Å². The number of aryl methyl sites for hydroxylation is 1. The van der Waals surface area contributed by atoms with Crippen molar-refractivity contribution >= 4 is 12.4 Å². The maximum absolute atomic E-state index is 3.84. The first-order chi connectivity index (χ1) is 6.29. The van der Waals surface area contributed by atoms with Gasteiger partial charge in [-0.3, -0.25) is 0 Å².